The smallest absolute Gasteiger partial charge is 0.240 e. The van der Waals surface area contributed by atoms with E-state index in [0.29, 0.717) is 16.5 Å². The Balaban J connectivity index is 1.69. The summed E-state index contributed by atoms with van der Waals surface area (Å²) in [5.74, 6) is 1.86. The van der Waals surface area contributed by atoms with Crippen LogP contribution in [-0.4, -0.2) is 27.8 Å². The van der Waals surface area contributed by atoms with Gasteiger partial charge in [0, 0.05) is 5.56 Å². The Morgan fingerprint density at radius 1 is 1.13 bits per heavy atom. The standard InChI is InChI=1S/C23H28N4O2S/c1-15(2)13-17-5-7-18(8-6-17)16(3)24-21(28)14-27-22(25-26-23(27)30)19-9-11-20(29-4)12-10-19/h5-12,15-16H,13-14H2,1-4H3,(H,24,28)(H,26,30). The van der Waals surface area contributed by atoms with Crippen LogP contribution in [0.4, 0.5) is 0 Å². The molecule has 0 saturated heterocycles. The third-order valence-corrected chi connectivity index (χ3v) is 5.22. The number of carbonyl (C=O) groups is 1. The van der Waals surface area contributed by atoms with Gasteiger partial charge in [-0.25, -0.2) is 0 Å². The van der Waals surface area contributed by atoms with Gasteiger partial charge in [0.2, 0.25) is 5.91 Å². The first-order valence-electron chi connectivity index (χ1n) is 10.0. The first kappa shape index (κ1) is 21.8. The number of hydrogen-bond acceptors (Lipinski definition) is 4. The van der Waals surface area contributed by atoms with Crippen molar-refractivity contribution in [2.24, 2.45) is 5.92 Å². The van der Waals surface area contributed by atoms with Crippen LogP contribution in [0.2, 0.25) is 0 Å². The number of aromatic amines is 1. The van der Waals surface area contributed by atoms with Gasteiger partial charge in [-0.3, -0.25) is 14.5 Å². The van der Waals surface area contributed by atoms with E-state index in [4.69, 9.17) is 17.0 Å². The molecular weight excluding hydrogens is 396 g/mol. The van der Waals surface area contributed by atoms with Crippen molar-refractivity contribution < 1.29 is 9.53 Å². The number of methoxy groups -OCH3 is 1. The van der Waals surface area contributed by atoms with Crippen LogP contribution in [0, 0.1) is 10.7 Å². The Bertz CT molecular complexity index is 1040. The molecule has 3 aromatic rings. The highest BCUT2D eigenvalue weighted by Gasteiger charge is 2.15. The molecule has 3 rings (SSSR count). The summed E-state index contributed by atoms with van der Waals surface area (Å²) in [4.78, 5) is 12.7. The lowest BCUT2D eigenvalue weighted by molar-refractivity contribution is -0.122. The molecule has 1 aromatic heterocycles. The van der Waals surface area contributed by atoms with E-state index in [2.05, 4.69) is 53.6 Å². The first-order valence-corrected chi connectivity index (χ1v) is 10.5. The number of amides is 1. The molecule has 0 aliphatic rings. The van der Waals surface area contributed by atoms with E-state index < -0.39 is 0 Å². The Kier molecular flexibility index (Phi) is 7.05. The van der Waals surface area contributed by atoms with E-state index in [1.165, 1.54) is 5.56 Å². The summed E-state index contributed by atoms with van der Waals surface area (Å²) in [7, 11) is 1.62. The average Bonchev–Trinajstić information content (AvgIpc) is 3.08. The van der Waals surface area contributed by atoms with Gasteiger partial charge >= 0.3 is 0 Å². The summed E-state index contributed by atoms with van der Waals surface area (Å²) in [5, 5.41) is 10.1. The van der Waals surface area contributed by atoms with Crippen molar-refractivity contribution in [3.8, 4) is 17.1 Å². The quantitative estimate of drug-likeness (QED) is 0.515. The second kappa shape index (κ2) is 9.71. The van der Waals surface area contributed by atoms with Gasteiger partial charge < -0.3 is 10.1 Å². The van der Waals surface area contributed by atoms with Crippen LogP contribution in [0.25, 0.3) is 11.4 Å². The average molecular weight is 425 g/mol. The fraction of sp³-hybridized carbons (Fsp3) is 0.348. The van der Waals surface area contributed by atoms with Crippen molar-refractivity contribution in [2.75, 3.05) is 7.11 Å². The second-order valence-corrected chi connectivity index (χ2v) is 8.18. The minimum Gasteiger partial charge on any atom is -0.497 e. The maximum atomic E-state index is 12.7. The molecule has 0 aliphatic heterocycles. The van der Waals surface area contributed by atoms with Crippen molar-refractivity contribution in [2.45, 2.75) is 39.8 Å². The van der Waals surface area contributed by atoms with E-state index in [1.807, 2.05) is 31.2 Å². The van der Waals surface area contributed by atoms with Crippen molar-refractivity contribution in [1.82, 2.24) is 20.1 Å². The van der Waals surface area contributed by atoms with Gasteiger partial charge in [-0.15, -0.1) is 0 Å². The molecule has 30 heavy (non-hydrogen) atoms. The molecule has 0 aliphatic carbocycles. The molecule has 7 heteroatoms. The molecule has 0 saturated carbocycles. The first-order chi connectivity index (χ1) is 14.4. The highest BCUT2D eigenvalue weighted by atomic mass is 32.1. The monoisotopic (exact) mass is 424 g/mol. The molecule has 2 N–H and O–H groups in total. The van der Waals surface area contributed by atoms with Gasteiger partial charge in [0.05, 0.1) is 13.2 Å². The predicted molar refractivity (Wildman–Crippen MR) is 121 cm³/mol. The molecule has 0 radical (unpaired) electrons. The molecular formula is C23H28N4O2S. The van der Waals surface area contributed by atoms with Gasteiger partial charge in [0.25, 0.3) is 0 Å². The van der Waals surface area contributed by atoms with Crippen LogP contribution < -0.4 is 10.1 Å². The fourth-order valence-electron chi connectivity index (χ4n) is 3.35. The normalized spacial score (nSPS) is 12.0. The van der Waals surface area contributed by atoms with E-state index in [1.54, 1.807) is 11.7 Å². The summed E-state index contributed by atoms with van der Waals surface area (Å²) in [5.41, 5.74) is 3.23. The molecule has 6 nitrogen and oxygen atoms in total. The molecule has 1 amide bonds. The number of benzene rings is 2. The van der Waals surface area contributed by atoms with Gasteiger partial charge in [-0.1, -0.05) is 38.1 Å². The van der Waals surface area contributed by atoms with Gasteiger partial charge in [0.15, 0.2) is 10.6 Å². The van der Waals surface area contributed by atoms with E-state index in [0.717, 1.165) is 23.3 Å². The third-order valence-electron chi connectivity index (χ3n) is 4.91. The zero-order valence-corrected chi connectivity index (χ0v) is 18.6. The summed E-state index contributed by atoms with van der Waals surface area (Å²) in [6, 6.07) is 15.8. The van der Waals surface area contributed by atoms with E-state index in [-0.39, 0.29) is 18.5 Å². The maximum absolute atomic E-state index is 12.7. The number of hydrogen-bond donors (Lipinski definition) is 2. The van der Waals surface area contributed by atoms with Crippen LogP contribution in [0.1, 0.15) is 37.9 Å². The van der Waals surface area contributed by atoms with Crippen LogP contribution in [0.15, 0.2) is 48.5 Å². The molecule has 1 atom stereocenters. The Morgan fingerprint density at radius 2 is 1.80 bits per heavy atom. The summed E-state index contributed by atoms with van der Waals surface area (Å²) in [6.45, 7) is 6.48. The minimum absolute atomic E-state index is 0.0898. The Hall–Kier alpha value is -2.93. The predicted octanol–water partition coefficient (Wildman–Crippen LogP) is 4.69. The number of rotatable bonds is 8. The molecule has 0 bridgehead atoms. The number of carbonyl (C=O) groups excluding carboxylic acids is 1. The van der Waals surface area contributed by atoms with Crippen LogP contribution in [-0.2, 0) is 17.8 Å². The minimum atomic E-state index is -0.124. The number of H-pyrrole nitrogens is 1. The highest BCUT2D eigenvalue weighted by Crippen LogP contribution is 2.21. The van der Waals surface area contributed by atoms with E-state index >= 15 is 0 Å². The zero-order valence-electron chi connectivity index (χ0n) is 17.8. The van der Waals surface area contributed by atoms with Crippen LogP contribution in [0.5, 0.6) is 5.75 Å². The number of nitrogens with zero attached hydrogens (tertiary/aromatic N) is 2. The van der Waals surface area contributed by atoms with E-state index in [9.17, 15) is 4.79 Å². The summed E-state index contributed by atoms with van der Waals surface area (Å²) >= 11 is 5.34. The van der Waals surface area contributed by atoms with Crippen molar-refractivity contribution >= 4 is 18.1 Å². The SMILES string of the molecule is COc1ccc(-c2n[nH]c(=S)n2CC(=O)NC(C)c2ccc(CC(C)C)cc2)cc1. The fourth-order valence-corrected chi connectivity index (χ4v) is 3.55. The lowest BCUT2D eigenvalue weighted by Gasteiger charge is -2.16. The van der Waals surface area contributed by atoms with Crippen molar-refractivity contribution in [3.63, 3.8) is 0 Å². The molecule has 1 unspecified atom stereocenters. The molecule has 0 fully saturated rings. The second-order valence-electron chi connectivity index (χ2n) is 7.80. The number of ether oxygens (including phenoxy) is 1. The lowest BCUT2D eigenvalue weighted by Crippen LogP contribution is -2.30. The molecule has 1 heterocycles. The number of aromatic nitrogens is 3. The topological polar surface area (TPSA) is 71.9 Å². The third kappa shape index (κ3) is 5.36. The maximum Gasteiger partial charge on any atom is 0.240 e. The van der Waals surface area contributed by atoms with Gasteiger partial charge in [0.1, 0.15) is 12.3 Å². The number of nitrogens with one attached hydrogen (secondary N) is 2. The lowest BCUT2D eigenvalue weighted by atomic mass is 10.00. The van der Waals surface area contributed by atoms with Crippen molar-refractivity contribution in [3.05, 3.63) is 64.4 Å². The Labute approximate surface area is 182 Å². The molecule has 0 spiro atoms. The van der Waals surface area contributed by atoms with Crippen LogP contribution >= 0.6 is 12.2 Å². The largest absolute Gasteiger partial charge is 0.497 e. The summed E-state index contributed by atoms with van der Waals surface area (Å²) < 4.78 is 7.30. The van der Waals surface area contributed by atoms with Crippen LogP contribution in [0.3, 0.4) is 0 Å². The van der Waals surface area contributed by atoms with Gasteiger partial charge in [-0.05, 0) is 66.9 Å². The Morgan fingerprint density at radius 3 is 2.40 bits per heavy atom. The molecule has 158 valence electrons. The molecule has 2 aromatic carbocycles. The van der Waals surface area contributed by atoms with Crippen molar-refractivity contribution in [1.29, 1.82) is 0 Å². The van der Waals surface area contributed by atoms with Gasteiger partial charge in [-0.2, -0.15) is 5.10 Å². The zero-order chi connectivity index (χ0) is 21.7. The summed E-state index contributed by atoms with van der Waals surface area (Å²) in [6.07, 6.45) is 1.05. The highest BCUT2D eigenvalue weighted by molar-refractivity contribution is 7.71.